The fourth-order valence-corrected chi connectivity index (χ4v) is 9.78. The van der Waals surface area contributed by atoms with Gasteiger partial charge in [-0.25, -0.2) is 4.98 Å². The molecular formula is C53H41N3. The average molecular weight is 720 g/mol. The van der Waals surface area contributed by atoms with E-state index in [2.05, 4.69) is 201 Å². The Morgan fingerprint density at radius 3 is 1.71 bits per heavy atom. The van der Waals surface area contributed by atoms with Crippen molar-refractivity contribution in [3.8, 4) is 39.1 Å². The van der Waals surface area contributed by atoms with Crippen LogP contribution in [0.1, 0.15) is 49.9 Å². The number of rotatable bonds is 5. The first-order valence-electron chi connectivity index (χ1n) is 19.6. The summed E-state index contributed by atoms with van der Waals surface area (Å²) < 4.78 is 2.38. The van der Waals surface area contributed by atoms with Gasteiger partial charge in [0.25, 0.3) is 0 Å². The second-order valence-electron chi connectivity index (χ2n) is 16.5. The van der Waals surface area contributed by atoms with Gasteiger partial charge in [-0.15, -0.1) is 0 Å². The molecule has 0 saturated heterocycles. The van der Waals surface area contributed by atoms with E-state index in [4.69, 9.17) is 4.98 Å². The predicted molar refractivity (Wildman–Crippen MR) is 234 cm³/mol. The summed E-state index contributed by atoms with van der Waals surface area (Å²) in [5.74, 6) is 0.903. The molecule has 0 bridgehead atoms. The molecule has 9 aromatic rings. The van der Waals surface area contributed by atoms with Gasteiger partial charge in [0.05, 0.1) is 11.0 Å². The van der Waals surface area contributed by atoms with E-state index in [0.717, 1.165) is 17.2 Å². The van der Waals surface area contributed by atoms with Gasteiger partial charge < -0.3 is 4.57 Å². The van der Waals surface area contributed by atoms with Crippen LogP contribution in [0, 0.1) is 0 Å². The van der Waals surface area contributed by atoms with Crippen molar-refractivity contribution in [2.75, 3.05) is 4.90 Å². The molecule has 11 rings (SSSR count). The van der Waals surface area contributed by atoms with Crippen LogP contribution in [0.25, 0.3) is 60.9 Å². The molecule has 2 heterocycles. The van der Waals surface area contributed by atoms with Crippen LogP contribution in [0.2, 0.25) is 0 Å². The van der Waals surface area contributed by atoms with Gasteiger partial charge in [0.1, 0.15) is 5.82 Å². The van der Waals surface area contributed by atoms with Gasteiger partial charge >= 0.3 is 0 Å². The normalized spacial score (nSPS) is 14.4. The Labute approximate surface area is 328 Å². The number of pyridine rings is 1. The molecule has 2 aliphatic carbocycles. The van der Waals surface area contributed by atoms with Gasteiger partial charge in [-0.1, -0.05) is 125 Å². The number of para-hydroxylation sites is 2. The Kier molecular flexibility index (Phi) is 6.94. The van der Waals surface area contributed by atoms with Crippen LogP contribution in [-0.4, -0.2) is 9.55 Å². The third-order valence-electron chi connectivity index (χ3n) is 12.6. The third-order valence-corrected chi connectivity index (χ3v) is 12.6. The lowest BCUT2D eigenvalue weighted by atomic mass is 9.81. The van der Waals surface area contributed by atoms with Crippen molar-refractivity contribution < 1.29 is 0 Å². The van der Waals surface area contributed by atoms with Crippen molar-refractivity contribution in [3.63, 3.8) is 0 Å². The lowest BCUT2D eigenvalue weighted by Crippen LogP contribution is -2.18. The van der Waals surface area contributed by atoms with E-state index in [0.29, 0.717) is 0 Å². The molecule has 0 radical (unpaired) electrons. The average Bonchev–Trinajstić information content (AvgIpc) is 3.78. The van der Waals surface area contributed by atoms with Crippen molar-refractivity contribution in [2.24, 2.45) is 0 Å². The molecule has 3 heteroatoms. The van der Waals surface area contributed by atoms with Crippen molar-refractivity contribution in [2.45, 2.75) is 38.5 Å². The highest BCUT2D eigenvalue weighted by atomic mass is 15.2. The molecule has 2 aliphatic rings. The number of hydrogen-bond donors (Lipinski definition) is 0. The first-order valence-corrected chi connectivity index (χ1v) is 19.6. The minimum Gasteiger partial charge on any atom is -0.309 e. The van der Waals surface area contributed by atoms with E-state index in [1.165, 1.54) is 83.1 Å². The summed E-state index contributed by atoms with van der Waals surface area (Å²) in [6.45, 7) is 9.44. The fraction of sp³-hybridized carbons (Fsp3) is 0.113. The van der Waals surface area contributed by atoms with Crippen LogP contribution in [0.5, 0.6) is 0 Å². The molecule has 0 N–H and O–H groups in total. The Morgan fingerprint density at radius 2 is 0.982 bits per heavy atom. The molecule has 3 nitrogen and oxygen atoms in total. The van der Waals surface area contributed by atoms with Crippen LogP contribution >= 0.6 is 0 Å². The second kappa shape index (κ2) is 11.9. The van der Waals surface area contributed by atoms with E-state index in [1.807, 2.05) is 12.3 Å². The quantitative estimate of drug-likeness (QED) is 0.177. The van der Waals surface area contributed by atoms with Gasteiger partial charge in [0, 0.05) is 44.9 Å². The smallest absolute Gasteiger partial charge is 0.137 e. The first-order chi connectivity index (χ1) is 27.3. The fourth-order valence-electron chi connectivity index (χ4n) is 9.78. The SMILES string of the molecule is CC1(C)c2ccccc2-c2ccc(N(c3ccc4c(c3)C(C)(C)c3cc(-c5ccc6c(c5)c5ccccc5n6-c5ccccc5)ccc3-4)c3ccccn3)cc21. The lowest BCUT2D eigenvalue weighted by Gasteiger charge is -2.29. The maximum absolute atomic E-state index is 4.90. The molecule has 0 aliphatic heterocycles. The topological polar surface area (TPSA) is 21.1 Å². The molecule has 0 amide bonds. The monoisotopic (exact) mass is 719 g/mol. The molecule has 0 atom stereocenters. The van der Waals surface area contributed by atoms with Crippen LogP contribution in [-0.2, 0) is 10.8 Å². The van der Waals surface area contributed by atoms with Gasteiger partial charge in [0.15, 0.2) is 0 Å². The maximum atomic E-state index is 4.90. The number of benzene rings is 7. The molecule has 268 valence electrons. The molecule has 2 aromatic heterocycles. The number of fused-ring (bicyclic) bond motifs is 9. The van der Waals surface area contributed by atoms with E-state index in [-0.39, 0.29) is 10.8 Å². The first kappa shape index (κ1) is 32.7. The van der Waals surface area contributed by atoms with Crippen molar-refractivity contribution >= 4 is 39.0 Å². The van der Waals surface area contributed by atoms with E-state index >= 15 is 0 Å². The largest absolute Gasteiger partial charge is 0.309 e. The molecule has 0 spiro atoms. The van der Waals surface area contributed by atoms with Gasteiger partial charge in [-0.05, 0) is 128 Å². The third kappa shape index (κ3) is 4.67. The highest BCUT2D eigenvalue weighted by molar-refractivity contribution is 6.10. The Morgan fingerprint density at radius 1 is 0.429 bits per heavy atom. The molecule has 56 heavy (non-hydrogen) atoms. The Bertz CT molecular complexity index is 3020. The van der Waals surface area contributed by atoms with E-state index in [9.17, 15) is 0 Å². The van der Waals surface area contributed by atoms with Crippen LogP contribution in [0.15, 0.2) is 176 Å². The van der Waals surface area contributed by atoms with Crippen LogP contribution < -0.4 is 4.90 Å². The van der Waals surface area contributed by atoms with Crippen molar-refractivity contribution in [3.05, 3.63) is 198 Å². The zero-order valence-electron chi connectivity index (χ0n) is 32.1. The summed E-state index contributed by atoms with van der Waals surface area (Å²) >= 11 is 0. The number of anilines is 3. The summed E-state index contributed by atoms with van der Waals surface area (Å²) in [5.41, 5.74) is 18.7. The van der Waals surface area contributed by atoms with E-state index < -0.39 is 0 Å². The summed E-state index contributed by atoms with van der Waals surface area (Å²) in [4.78, 5) is 7.22. The molecule has 0 unspecified atom stereocenters. The molecule has 0 saturated carbocycles. The molecular weight excluding hydrogens is 679 g/mol. The van der Waals surface area contributed by atoms with Crippen LogP contribution in [0.4, 0.5) is 17.2 Å². The lowest BCUT2D eigenvalue weighted by molar-refractivity contribution is 0.660. The van der Waals surface area contributed by atoms with Gasteiger partial charge in [-0.2, -0.15) is 0 Å². The number of hydrogen-bond acceptors (Lipinski definition) is 2. The van der Waals surface area contributed by atoms with Gasteiger partial charge in [-0.3, -0.25) is 4.90 Å². The second-order valence-corrected chi connectivity index (χ2v) is 16.5. The summed E-state index contributed by atoms with van der Waals surface area (Å²) in [6, 6.07) is 62.4. The standard InChI is InChI=1S/C53H41N3/c1-52(2)45-18-10-8-16-39(45)41-26-23-37(32-47(41)52)55(51-20-12-13-29-54-51)38-24-27-42-40-25-21-35(31-46(40)53(3,4)48(42)33-38)34-22-28-50-44(30-34)43-17-9-11-19-49(43)56(50)36-14-6-5-7-15-36/h5-33H,1-4H3. The van der Waals surface area contributed by atoms with Gasteiger partial charge in [0.2, 0.25) is 0 Å². The van der Waals surface area contributed by atoms with Crippen LogP contribution in [0.3, 0.4) is 0 Å². The summed E-state index contributed by atoms with van der Waals surface area (Å²) in [7, 11) is 0. The molecule has 7 aromatic carbocycles. The highest BCUT2D eigenvalue weighted by Gasteiger charge is 2.38. The van der Waals surface area contributed by atoms with Crippen molar-refractivity contribution in [1.82, 2.24) is 9.55 Å². The number of nitrogens with zero attached hydrogens (tertiary/aromatic N) is 3. The Hall–Kier alpha value is -6.71. The summed E-state index contributed by atoms with van der Waals surface area (Å²) in [6.07, 6.45) is 1.89. The predicted octanol–water partition coefficient (Wildman–Crippen LogP) is 13.9. The number of aromatic nitrogens is 2. The minimum absolute atomic E-state index is 0.0967. The Balaban J connectivity index is 1.00. The zero-order valence-corrected chi connectivity index (χ0v) is 32.1. The van der Waals surface area contributed by atoms with E-state index in [1.54, 1.807) is 0 Å². The highest BCUT2D eigenvalue weighted by Crippen LogP contribution is 2.53. The summed E-state index contributed by atoms with van der Waals surface area (Å²) in [5, 5.41) is 2.53. The minimum atomic E-state index is -0.207. The molecule has 0 fully saturated rings. The van der Waals surface area contributed by atoms with Crippen molar-refractivity contribution in [1.29, 1.82) is 0 Å². The zero-order chi connectivity index (χ0) is 37.8. The maximum Gasteiger partial charge on any atom is 0.137 e.